The van der Waals surface area contributed by atoms with Crippen LogP contribution in [-0.4, -0.2) is 85.3 Å². The Morgan fingerprint density at radius 1 is 0.656 bits per heavy atom. The minimum absolute atomic E-state index is 0.643. The van der Waals surface area contributed by atoms with E-state index in [1.54, 1.807) is 7.11 Å². The summed E-state index contributed by atoms with van der Waals surface area (Å²) in [5, 5.41) is 0. The molecular formula is C20H52N2O5SSi4. The van der Waals surface area contributed by atoms with E-state index in [-0.39, 0.29) is 0 Å². The first-order chi connectivity index (χ1) is 14.8. The summed E-state index contributed by atoms with van der Waals surface area (Å²) in [6.07, 6.45) is 2.02. The normalized spacial score (nSPS) is 15.2. The van der Waals surface area contributed by atoms with Crippen LogP contribution in [0.25, 0.3) is 0 Å². The van der Waals surface area contributed by atoms with E-state index in [9.17, 15) is 0 Å². The predicted octanol–water partition coefficient (Wildman–Crippen LogP) is 4.31. The number of hydrogen-bond donors (Lipinski definition) is 2. The van der Waals surface area contributed by atoms with Crippen molar-refractivity contribution >= 4 is 45.5 Å². The lowest BCUT2D eigenvalue weighted by Crippen LogP contribution is -2.58. The summed E-state index contributed by atoms with van der Waals surface area (Å²) < 4.78 is 31.1. The van der Waals surface area contributed by atoms with E-state index in [1.165, 1.54) is 0 Å². The number of methoxy groups -OCH3 is 1. The van der Waals surface area contributed by atoms with Gasteiger partial charge in [0, 0.05) is 12.9 Å². The van der Waals surface area contributed by atoms with E-state index in [1.807, 2.05) is 11.8 Å². The summed E-state index contributed by atoms with van der Waals surface area (Å²) in [6, 6.07) is 3.09. The molecule has 0 spiro atoms. The molecule has 32 heavy (non-hydrogen) atoms. The maximum Gasteiger partial charge on any atom is 0.316 e. The van der Waals surface area contributed by atoms with Crippen LogP contribution in [0.15, 0.2) is 0 Å². The molecule has 0 saturated carbocycles. The second-order valence-corrected chi connectivity index (χ2v) is 27.4. The van der Waals surface area contributed by atoms with Gasteiger partial charge in [-0.05, 0) is 95.6 Å². The van der Waals surface area contributed by atoms with E-state index >= 15 is 0 Å². The van der Waals surface area contributed by atoms with Crippen LogP contribution in [-0.2, 0) is 21.8 Å². The van der Waals surface area contributed by atoms with Crippen molar-refractivity contribution in [2.75, 3.05) is 51.5 Å². The highest BCUT2D eigenvalue weighted by Gasteiger charge is 2.45. The molecular weight excluding hydrogens is 493 g/mol. The molecule has 0 rings (SSSR count). The quantitative estimate of drug-likeness (QED) is 0.163. The van der Waals surface area contributed by atoms with Gasteiger partial charge in [-0.2, -0.15) is 11.8 Å². The van der Waals surface area contributed by atoms with Crippen LogP contribution < -0.4 is 11.5 Å². The molecule has 0 fully saturated rings. The molecule has 0 aliphatic rings. The predicted molar refractivity (Wildman–Crippen MR) is 149 cm³/mol. The van der Waals surface area contributed by atoms with Crippen molar-refractivity contribution in [2.45, 2.75) is 76.8 Å². The van der Waals surface area contributed by atoms with Crippen molar-refractivity contribution in [3.05, 3.63) is 0 Å². The smallest absolute Gasteiger partial charge is 0.316 e. The molecule has 12 heteroatoms. The molecule has 194 valence electrons. The second kappa shape index (κ2) is 16.6. The standard InChI is InChI=1S/C20H52N2O5SSi4/c1-23-13-14-24-15-16-28-17-20-32(8,26-30(4,5)19-10-12-22)27-31(6,7)25-29(2,3)18-9-11-21/h9-22H2,1-8H3. The molecule has 0 aromatic rings. The molecule has 0 heterocycles. The first-order valence-electron chi connectivity index (χ1n) is 12.0. The number of hydrogen-bond acceptors (Lipinski definition) is 8. The summed E-state index contributed by atoms with van der Waals surface area (Å²) in [5.41, 5.74) is 11.5. The molecule has 0 amide bonds. The summed E-state index contributed by atoms with van der Waals surface area (Å²) in [6.45, 7) is 19.2. The Morgan fingerprint density at radius 2 is 1.22 bits per heavy atom. The average molecular weight is 545 g/mol. The van der Waals surface area contributed by atoms with Crippen molar-refractivity contribution < 1.29 is 21.8 Å². The number of ether oxygens (including phenoxy) is 2. The first kappa shape index (κ1) is 32.9. The Hall–Kier alpha value is 0.938. The van der Waals surface area contributed by atoms with E-state index in [2.05, 4.69) is 45.8 Å². The maximum atomic E-state index is 6.91. The van der Waals surface area contributed by atoms with Crippen LogP contribution >= 0.6 is 11.8 Å². The minimum atomic E-state index is -2.41. The molecule has 0 radical (unpaired) electrons. The zero-order chi connectivity index (χ0) is 24.7. The zero-order valence-corrected chi connectivity index (χ0v) is 26.9. The molecule has 0 aromatic heterocycles. The Labute approximate surface area is 206 Å². The van der Waals surface area contributed by atoms with Crippen molar-refractivity contribution in [3.63, 3.8) is 0 Å². The van der Waals surface area contributed by atoms with Crippen molar-refractivity contribution in [1.29, 1.82) is 0 Å². The summed E-state index contributed by atoms with van der Waals surface area (Å²) in [4.78, 5) is 0. The van der Waals surface area contributed by atoms with Crippen LogP contribution in [0.1, 0.15) is 12.8 Å². The second-order valence-electron chi connectivity index (χ2n) is 10.1. The first-order valence-corrected chi connectivity index (χ1v) is 24.7. The Morgan fingerprint density at radius 3 is 1.75 bits per heavy atom. The summed E-state index contributed by atoms with van der Waals surface area (Å²) in [7, 11) is -6.73. The van der Waals surface area contributed by atoms with Gasteiger partial charge in [-0.15, -0.1) is 0 Å². The maximum absolute atomic E-state index is 6.91. The molecule has 0 aliphatic carbocycles. The lowest BCUT2D eigenvalue weighted by Gasteiger charge is -2.42. The molecule has 4 N–H and O–H groups in total. The monoisotopic (exact) mass is 544 g/mol. The van der Waals surface area contributed by atoms with Crippen molar-refractivity contribution in [3.8, 4) is 0 Å². The highest BCUT2D eigenvalue weighted by molar-refractivity contribution is 7.99. The third kappa shape index (κ3) is 17.4. The van der Waals surface area contributed by atoms with Gasteiger partial charge in [0.2, 0.25) is 0 Å². The van der Waals surface area contributed by atoms with Crippen molar-refractivity contribution in [2.24, 2.45) is 11.5 Å². The third-order valence-corrected chi connectivity index (χ3v) is 22.3. The lowest BCUT2D eigenvalue weighted by atomic mass is 10.5. The largest absolute Gasteiger partial charge is 0.436 e. The number of thioether (sulfide) groups is 1. The molecule has 1 unspecified atom stereocenters. The highest BCUT2D eigenvalue weighted by atomic mass is 32.2. The van der Waals surface area contributed by atoms with Gasteiger partial charge in [0.15, 0.2) is 16.6 Å². The topological polar surface area (TPSA) is 98.2 Å². The fraction of sp³-hybridized carbons (Fsp3) is 1.00. The number of rotatable bonds is 21. The van der Waals surface area contributed by atoms with Gasteiger partial charge in [-0.1, -0.05) is 0 Å². The summed E-state index contributed by atoms with van der Waals surface area (Å²) in [5.74, 6) is 1.98. The minimum Gasteiger partial charge on any atom is -0.436 e. The zero-order valence-electron chi connectivity index (χ0n) is 22.1. The van der Waals surface area contributed by atoms with Gasteiger partial charge in [-0.25, -0.2) is 0 Å². The third-order valence-electron chi connectivity index (χ3n) is 4.95. The Bertz CT molecular complexity index is 493. The van der Waals surface area contributed by atoms with Gasteiger partial charge < -0.3 is 33.3 Å². The van der Waals surface area contributed by atoms with Gasteiger partial charge in [0.1, 0.15) is 0 Å². The van der Waals surface area contributed by atoms with E-state index in [0.717, 1.165) is 49.1 Å². The highest BCUT2D eigenvalue weighted by Crippen LogP contribution is 2.30. The fourth-order valence-corrected chi connectivity index (χ4v) is 25.3. The Balaban J connectivity index is 5.03. The SMILES string of the molecule is COCCOCCSCC[Si](C)(O[Si](C)(C)CCCN)O[Si](C)(C)O[Si](C)(C)CCCN. The van der Waals surface area contributed by atoms with E-state index < -0.39 is 33.8 Å². The average Bonchev–Trinajstić information content (AvgIpc) is 2.65. The van der Waals surface area contributed by atoms with E-state index in [0.29, 0.717) is 26.3 Å². The van der Waals surface area contributed by atoms with Gasteiger partial charge in [-0.3, -0.25) is 0 Å². The molecule has 0 saturated heterocycles. The molecule has 7 nitrogen and oxygen atoms in total. The van der Waals surface area contributed by atoms with E-state index in [4.69, 9.17) is 33.3 Å². The number of nitrogens with two attached hydrogens (primary N) is 2. The van der Waals surface area contributed by atoms with Crippen LogP contribution in [0, 0.1) is 0 Å². The Kier molecular flexibility index (Phi) is 17.1. The van der Waals surface area contributed by atoms with Crippen LogP contribution in [0.5, 0.6) is 0 Å². The summed E-state index contributed by atoms with van der Waals surface area (Å²) >= 11 is 1.91. The van der Waals surface area contributed by atoms with Gasteiger partial charge in [0.05, 0.1) is 19.8 Å². The van der Waals surface area contributed by atoms with Crippen LogP contribution in [0.2, 0.25) is 64.0 Å². The molecule has 0 bridgehead atoms. The van der Waals surface area contributed by atoms with Crippen LogP contribution in [0.3, 0.4) is 0 Å². The van der Waals surface area contributed by atoms with Gasteiger partial charge in [0.25, 0.3) is 0 Å². The van der Waals surface area contributed by atoms with Crippen molar-refractivity contribution in [1.82, 2.24) is 0 Å². The van der Waals surface area contributed by atoms with Gasteiger partial charge >= 0.3 is 17.1 Å². The fourth-order valence-electron chi connectivity index (χ4n) is 3.79. The molecule has 1 atom stereocenters. The van der Waals surface area contributed by atoms with Crippen LogP contribution in [0.4, 0.5) is 0 Å². The lowest BCUT2D eigenvalue weighted by molar-refractivity contribution is 0.0790. The molecule has 0 aromatic carbocycles. The molecule has 0 aliphatic heterocycles.